The van der Waals surface area contributed by atoms with Crippen LogP contribution in [-0.2, 0) is 9.47 Å². The Bertz CT molecular complexity index is 3240. The van der Waals surface area contributed by atoms with E-state index in [9.17, 15) is 38.4 Å². The van der Waals surface area contributed by atoms with Crippen LogP contribution in [0.15, 0.2) is 207 Å². The highest BCUT2D eigenvalue weighted by molar-refractivity contribution is 5.92. The maximum absolute atomic E-state index is 10.9. The third kappa shape index (κ3) is 19.5. The maximum atomic E-state index is 10.9. The van der Waals surface area contributed by atoms with Gasteiger partial charge in [0.25, 0.3) is 0 Å². The summed E-state index contributed by atoms with van der Waals surface area (Å²) in [5.74, 6) is -0.828. The van der Waals surface area contributed by atoms with E-state index in [1.54, 1.807) is 91.6 Å². The second-order valence-corrected chi connectivity index (χ2v) is 15.6. The molecule has 0 aliphatic heterocycles. The highest BCUT2D eigenvalue weighted by Crippen LogP contribution is 2.20. The van der Waals surface area contributed by atoms with Crippen LogP contribution in [0.1, 0.15) is 82.9 Å². The smallest absolute Gasteiger partial charge is 0.337 e. The van der Waals surface area contributed by atoms with E-state index in [0.29, 0.717) is 45.2 Å². The number of esters is 2. The molecule has 0 fully saturated rings. The molecule has 0 spiro atoms. The minimum atomic E-state index is -0.432. The van der Waals surface area contributed by atoms with Gasteiger partial charge in [0.05, 0.1) is 30.9 Å². The van der Waals surface area contributed by atoms with Gasteiger partial charge in [0, 0.05) is 89.5 Å². The summed E-state index contributed by atoms with van der Waals surface area (Å²) in [6.07, 6.45) is 13.4. The molecule has 0 radical (unpaired) electrons. The number of hydrogen-bond donors (Lipinski definition) is 0. The zero-order chi connectivity index (χ0) is 54.2. The number of ether oxygens (including phenoxy) is 2. The van der Waals surface area contributed by atoms with Gasteiger partial charge in [0.1, 0.15) is 31.4 Å². The molecule has 0 bridgehead atoms. The van der Waals surface area contributed by atoms with Crippen LogP contribution in [0.3, 0.4) is 0 Å². The molecule has 0 unspecified atom stereocenters. The molecule has 0 aliphatic rings. The third-order valence-corrected chi connectivity index (χ3v) is 10.3. The van der Waals surface area contributed by atoms with Crippen molar-refractivity contribution in [2.75, 3.05) is 33.2 Å². The fourth-order valence-electron chi connectivity index (χ4n) is 6.30. The number of hydrogen-bond acceptors (Lipinski definition) is 14. The Balaban J connectivity index is 0.000000195. The van der Waals surface area contributed by atoms with Crippen molar-refractivity contribution in [1.82, 2.24) is 15.0 Å². The molecular weight excluding hydrogens is 949 g/mol. The summed E-state index contributed by atoms with van der Waals surface area (Å²) in [5.41, 5.74) is 10.8. The minimum Gasteiger partial charge on any atom is -0.465 e. The van der Waals surface area contributed by atoms with Gasteiger partial charge in [-0.3, -0.25) is 43.7 Å². The van der Waals surface area contributed by atoms with Gasteiger partial charge in [-0.05, 0) is 107 Å². The van der Waals surface area contributed by atoms with Crippen LogP contribution in [0.5, 0.6) is 0 Å². The van der Waals surface area contributed by atoms with Crippen molar-refractivity contribution in [2.45, 2.75) is 0 Å². The maximum Gasteiger partial charge on any atom is 0.337 e. The summed E-state index contributed by atoms with van der Waals surface area (Å²) < 4.78 is 8.96. The molecule has 6 aromatic carbocycles. The molecule has 75 heavy (non-hydrogen) atoms. The minimum absolute atomic E-state index is 0.391. The molecule has 14 heteroatoms. The molecule has 0 saturated carbocycles. The second kappa shape index (κ2) is 31.9. The predicted molar refractivity (Wildman–Crippen MR) is 290 cm³/mol. The van der Waals surface area contributed by atoms with Gasteiger partial charge in [-0.2, -0.15) is 0 Å². The van der Waals surface area contributed by atoms with Crippen molar-refractivity contribution in [3.63, 3.8) is 0 Å². The van der Waals surface area contributed by atoms with Gasteiger partial charge < -0.3 is 14.4 Å². The number of fused-ring (bicyclic) bond motifs is 1. The van der Waals surface area contributed by atoms with Gasteiger partial charge in [-0.25, -0.2) is 9.59 Å². The SMILES string of the molecule is CN(C)c1ccc(C=O)cc1.COC(=O)c1ccc(C=O)cc1.COC(=O)c1cccc(C=O)c1.O=Cc1ccc(-c2cccnc2)cc1.O=Cc1cccc(-c2ccncc2)c1.O=Cc1cnc2ccccc2c1. The van der Waals surface area contributed by atoms with Gasteiger partial charge >= 0.3 is 11.9 Å². The van der Waals surface area contributed by atoms with Crippen molar-refractivity contribution in [3.8, 4) is 22.3 Å². The highest BCUT2D eigenvalue weighted by atomic mass is 16.5. The first kappa shape index (κ1) is 57.4. The molecule has 9 aromatic rings. The molecule has 0 saturated heterocycles. The van der Waals surface area contributed by atoms with Gasteiger partial charge in [0.15, 0.2) is 6.29 Å². The van der Waals surface area contributed by atoms with Crippen LogP contribution in [0.4, 0.5) is 5.69 Å². The first-order chi connectivity index (χ1) is 36.5. The Morgan fingerprint density at radius 2 is 0.907 bits per heavy atom. The lowest BCUT2D eigenvalue weighted by atomic mass is 10.1. The summed E-state index contributed by atoms with van der Waals surface area (Å²) in [5, 5.41) is 1.00. The summed E-state index contributed by atoms with van der Waals surface area (Å²) in [6.45, 7) is 0. The number of carbonyl (C=O) groups is 8. The van der Waals surface area contributed by atoms with Gasteiger partial charge in [-0.1, -0.05) is 91.0 Å². The van der Waals surface area contributed by atoms with E-state index >= 15 is 0 Å². The molecule has 0 N–H and O–H groups in total. The first-order valence-electron chi connectivity index (χ1n) is 22.7. The predicted octanol–water partition coefficient (Wildman–Crippen LogP) is 11.3. The average molecular weight is 1000 g/mol. The summed E-state index contributed by atoms with van der Waals surface area (Å²) in [6, 6.07) is 52.2. The van der Waals surface area contributed by atoms with Crippen molar-refractivity contribution in [3.05, 3.63) is 251 Å². The Labute approximate surface area is 434 Å². The number of carbonyl (C=O) groups excluding carboxylic acids is 8. The molecule has 0 atom stereocenters. The number of para-hydroxylation sites is 1. The Morgan fingerprint density at radius 1 is 0.400 bits per heavy atom. The molecular formula is C61H52N4O10. The molecule has 9 rings (SSSR count). The van der Waals surface area contributed by atoms with E-state index in [1.807, 2.05) is 128 Å². The van der Waals surface area contributed by atoms with Crippen molar-refractivity contribution in [1.29, 1.82) is 0 Å². The molecule has 0 aliphatic carbocycles. The molecule has 376 valence electrons. The largest absolute Gasteiger partial charge is 0.465 e. The molecule has 14 nitrogen and oxygen atoms in total. The van der Waals surface area contributed by atoms with E-state index in [4.69, 9.17) is 0 Å². The topological polar surface area (TPSA) is 197 Å². The lowest BCUT2D eigenvalue weighted by Gasteiger charge is -2.11. The summed E-state index contributed by atoms with van der Waals surface area (Å²) in [7, 11) is 6.55. The normalized spacial score (nSPS) is 9.49. The zero-order valence-electron chi connectivity index (χ0n) is 41.5. The summed E-state index contributed by atoms with van der Waals surface area (Å²) in [4.78, 5) is 98.2. The number of rotatable bonds is 11. The monoisotopic (exact) mass is 1000 g/mol. The number of anilines is 1. The number of pyridine rings is 3. The van der Waals surface area contributed by atoms with E-state index in [1.165, 1.54) is 20.3 Å². The van der Waals surface area contributed by atoms with Gasteiger partial charge in [0.2, 0.25) is 0 Å². The fraction of sp³-hybridized carbons (Fsp3) is 0.0656. The number of benzene rings is 6. The number of aldehydes is 6. The van der Waals surface area contributed by atoms with Crippen LogP contribution in [0.2, 0.25) is 0 Å². The van der Waals surface area contributed by atoms with E-state index in [2.05, 4.69) is 24.4 Å². The lowest BCUT2D eigenvalue weighted by molar-refractivity contribution is 0.0592. The number of methoxy groups -OCH3 is 2. The van der Waals surface area contributed by atoms with E-state index < -0.39 is 11.9 Å². The number of aromatic nitrogens is 3. The Kier molecular flexibility index (Phi) is 24.4. The first-order valence-corrected chi connectivity index (χ1v) is 22.7. The average Bonchev–Trinajstić information content (AvgIpc) is 3.49. The van der Waals surface area contributed by atoms with E-state index in [0.717, 1.165) is 75.8 Å². The number of nitrogens with zero attached hydrogens (tertiary/aromatic N) is 4. The molecule has 3 aromatic heterocycles. The second-order valence-electron chi connectivity index (χ2n) is 15.6. The van der Waals surface area contributed by atoms with Gasteiger partial charge in [-0.15, -0.1) is 0 Å². The van der Waals surface area contributed by atoms with Crippen LogP contribution in [0, 0.1) is 0 Å². The van der Waals surface area contributed by atoms with Crippen LogP contribution in [0.25, 0.3) is 33.2 Å². The van der Waals surface area contributed by atoms with Crippen molar-refractivity contribution < 1.29 is 47.8 Å². The molecule has 0 amide bonds. The fourth-order valence-corrected chi connectivity index (χ4v) is 6.30. The van der Waals surface area contributed by atoms with Crippen molar-refractivity contribution >= 4 is 66.2 Å². The lowest BCUT2D eigenvalue weighted by Crippen LogP contribution is -2.08. The summed E-state index contributed by atoms with van der Waals surface area (Å²) >= 11 is 0. The Morgan fingerprint density at radius 3 is 1.45 bits per heavy atom. The van der Waals surface area contributed by atoms with Crippen molar-refractivity contribution in [2.24, 2.45) is 0 Å². The van der Waals surface area contributed by atoms with Crippen LogP contribution < -0.4 is 4.90 Å². The molecule has 3 heterocycles. The zero-order valence-corrected chi connectivity index (χ0v) is 41.5. The quantitative estimate of drug-likeness (QED) is 0.0876. The standard InChI is InChI=1S/2C12H9NO.C10H7NO.C9H11NO.2C9H8O3/c14-9-10-3-5-11(6-4-10)12-2-1-7-13-8-12;14-9-10-2-1-3-12(8-10)11-4-6-13-7-5-11;12-7-8-5-9-3-1-2-4-10(9)11-6-8;1-10(2)9-5-3-8(7-11)4-6-9;1-12-9(11)8-4-2-7(6-10)3-5-8;1-12-9(11)8-4-2-3-7(5-8)6-10/h2*1-9H;1-7H;3-7H,1-2H3;2*2-6H,1H3. The highest BCUT2D eigenvalue weighted by Gasteiger charge is 2.05. The Hall–Kier alpha value is -10.2. The van der Waals surface area contributed by atoms with Crippen LogP contribution in [-0.4, -0.2) is 92.9 Å². The third-order valence-electron chi connectivity index (χ3n) is 10.3. The van der Waals surface area contributed by atoms with Crippen LogP contribution >= 0.6 is 0 Å². The van der Waals surface area contributed by atoms with E-state index in [-0.39, 0.29) is 0 Å².